The van der Waals surface area contributed by atoms with E-state index in [1.165, 1.54) is 31.4 Å². The zero-order valence-electron chi connectivity index (χ0n) is 13.2. The molecule has 24 heavy (non-hydrogen) atoms. The van der Waals surface area contributed by atoms with Crippen LogP contribution in [-0.4, -0.2) is 19.6 Å². The van der Waals surface area contributed by atoms with Gasteiger partial charge in [0.25, 0.3) is 5.91 Å². The van der Waals surface area contributed by atoms with E-state index in [4.69, 9.17) is 21.1 Å². The molecule has 0 aliphatic rings. The van der Waals surface area contributed by atoms with Gasteiger partial charge < -0.3 is 14.8 Å². The molecule has 2 aromatic carbocycles. The Labute approximate surface area is 153 Å². The van der Waals surface area contributed by atoms with Crippen molar-refractivity contribution in [2.45, 2.75) is 13.3 Å². The maximum atomic E-state index is 13.8. The Morgan fingerprint density at radius 1 is 1.33 bits per heavy atom. The zero-order chi connectivity index (χ0) is 17.7. The van der Waals surface area contributed by atoms with Crippen LogP contribution in [0.1, 0.15) is 23.7 Å². The molecular weight excluding hydrogens is 401 g/mol. The lowest BCUT2D eigenvalue weighted by Crippen LogP contribution is -2.13. The molecule has 0 bridgehead atoms. The number of amides is 1. The average molecular weight is 417 g/mol. The molecule has 128 valence electrons. The number of carbonyl (C=O) groups excluding carboxylic acids is 1. The van der Waals surface area contributed by atoms with Crippen LogP contribution in [0, 0.1) is 5.82 Å². The quantitative estimate of drug-likeness (QED) is 0.696. The molecule has 1 amide bonds. The first-order valence-corrected chi connectivity index (χ1v) is 8.40. The van der Waals surface area contributed by atoms with Crippen molar-refractivity contribution in [3.8, 4) is 11.5 Å². The molecule has 4 nitrogen and oxygen atoms in total. The molecule has 0 fully saturated rings. The van der Waals surface area contributed by atoms with Crippen LogP contribution in [-0.2, 0) is 0 Å². The van der Waals surface area contributed by atoms with E-state index in [0.29, 0.717) is 22.6 Å². The van der Waals surface area contributed by atoms with Gasteiger partial charge in [0.2, 0.25) is 0 Å². The topological polar surface area (TPSA) is 47.6 Å². The Morgan fingerprint density at radius 3 is 2.71 bits per heavy atom. The Bertz CT molecular complexity index is 755. The van der Waals surface area contributed by atoms with Crippen molar-refractivity contribution in [2.24, 2.45) is 0 Å². The lowest BCUT2D eigenvalue weighted by atomic mass is 10.1. The minimum absolute atomic E-state index is 0.0737. The van der Waals surface area contributed by atoms with Crippen LogP contribution < -0.4 is 14.8 Å². The van der Waals surface area contributed by atoms with E-state index in [2.05, 4.69) is 21.2 Å². The number of benzene rings is 2. The van der Waals surface area contributed by atoms with Gasteiger partial charge in [0.1, 0.15) is 5.82 Å². The molecule has 0 heterocycles. The number of halogens is 3. The van der Waals surface area contributed by atoms with Crippen molar-refractivity contribution in [2.75, 3.05) is 19.0 Å². The van der Waals surface area contributed by atoms with Crippen molar-refractivity contribution in [3.05, 3.63) is 51.2 Å². The van der Waals surface area contributed by atoms with E-state index >= 15 is 0 Å². The van der Waals surface area contributed by atoms with Gasteiger partial charge in [-0.05, 0) is 36.8 Å². The number of anilines is 1. The van der Waals surface area contributed by atoms with Gasteiger partial charge in [0, 0.05) is 10.0 Å². The number of nitrogens with one attached hydrogen (secondary N) is 1. The van der Waals surface area contributed by atoms with Crippen molar-refractivity contribution >= 4 is 39.1 Å². The minimum atomic E-state index is -0.543. The number of methoxy groups -OCH3 is 1. The van der Waals surface area contributed by atoms with Gasteiger partial charge in [-0.25, -0.2) is 4.39 Å². The van der Waals surface area contributed by atoms with Crippen LogP contribution in [0.5, 0.6) is 11.5 Å². The van der Waals surface area contributed by atoms with Gasteiger partial charge in [-0.3, -0.25) is 4.79 Å². The highest BCUT2D eigenvalue weighted by atomic mass is 79.9. The van der Waals surface area contributed by atoms with E-state index in [1.54, 1.807) is 6.07 Å². The second-order valence-electron chi connectivity index (χ2n) is 4.92. The predicted molar refractivity (Wildman–Crippen MR) is 95.8 cm³/mol. The third-order valence-corrected chi connectivity index (χ3v) is 3.90. The number of hydrogen-bond donors (Lipinski definition) is 1. The summed E-state index contributed by atoms with van der Waals surface area (Å²) in [5, 5.41) is 2.76. The summed E-state index contributed by atoms with van der Waals surface area (Å²) in [6, 6.07) is 7.33. The fraction of sp³-hybridized carbons (Fsp3) is 0.235. The van der Waals surface area contributed by atoms with Crippen LogP contribution in [0.2, 0.25) is 5.02 Å². The maximum Gasteiger partial charge on any atom is 0.255 e. The van der Waals surface area contributed by atoms with Crippen LogP contribution in [0.25, 0.3) is 0 Å². The lowest BCUT2D eigenvalue weighted by molar-refractivity contribution is 0.102. The maximum absolute atomic E-state index is 13.8. The molecule has 0 spiro atoms. The minimum Gasteiger partial charge on any atom is -0.493 e. The molecule has 0 saturated heterocycles. The smallest absolute Gasteiger partial charge is 0.255 e. The lowest BCUT2D eigenvalue weighted by Gasteiger charge is -2.14. The van der Waals surface area contributed by atoms with Crippen LogP contribution in [0.3, 0.4) is 0 Å². The Hall–Kier alpha value is -1.79. The summed E-state index contributed by atoms with van der Waals surface area (Å²) in [6.07, 6.45) is 0.810. The molecular formula is C17H16BrClFNO3. The average Bonchev–Trinajstić information content (AvgIpc) is 2.55. The second kappa shape index (κ2) is 8.35. The zero-order valence-corrected chi connectivity index (χ0v) is 15.5. The Balaban J connectivity index is 2.27. The first-order chi connectivity index (χ1) is 11.5. The molecule has 0 aliphatic carbocycles. The molecule has 0 unspecified atom stereocenters. The highest BCUT2D eigenvalue weighted by molar-refractivity contribution is 9.10. The predicted octanol–water partition coefficient (Wildman–Crippen LogP) is 5.29. The van der Waals surface area contributed by atoms with E-state index in [9.17, 15) is 9.18 Å². The number of ether oxygens (including phenoxy) is 2. The Kier molecular flexibility index (Phi) is 6.45. The Morgan fingerprint density at radius 2 is 2.08 bits per heavy atom. The van der Waals surface area contributed by atoms with Gasteiger partial charge in [-0.1, -0.05) is 34.5 Å². The number of rotatable bonds is 6. The fourth-order valence-corrected chi connectivity index (χ4v) is 2.58. The molecule has 2 rings (SSSR count). The highest BCUT2D eigenvalue weighted by Crippen LogP contribution is 2.36. The fourth-order valence-electron chi connectivity index (χ4n) is 1.98. The van der Waals surface area contributed by atoms with E-state index < -0.39 is 11.7 Å². The third kappa shape index (κ3) is 4.39. The second-order valence-corrected chi connectivity index (χ2v) is 6.24. The summed E-state index contributed by atoms with van der Waals surface area (Å²) in [5.74, 6) is -0.318. The summed E-state index contributed by atoms with van der Waals surface area (Å²) in [4.78, 5) is 12.4. The first-order valence-electron chi connectivity index (χ1n) is 7.23. The van der Waals surface area contributed by atoms with E-state index in [0.717, 1.165) is 6.42 Å². The summed E-state index contributed by atoms with van der Waals surface area (Å²) in [6.45, 7) is 2.45. The summed E-state index contributed by atoms with van der Waals surface area (Å²) in [7, 11) is 1.46. The monoisotopic (exact) mass is 415 g/mol. The summed E-state index contributed by atoms with van der Waals surface area (Å²) < 4.78 is 25.2. The van der Waals surface area contributed by atoms with Crippen LogP contribution in [0.4, 0.5) is 10.1 Å². The molecule has 0 saturated carbocycles. The normalized spacial score (nSPS) is 10.4. The standard InChI is InChI=1S/C17H16BrClFNO3/c1-3-6-24-16-12(19)7-10(8-15(16)23-2)17(22)21-14-5-4-11(18)9-13(14)20/h4-5,7-9H,3,6H2,1-2H3,(H,21,22). The molecule has 7 heteroatoms. The van der Waals surface area contributed by atoms with Gasteiger partial charge >= 0.3 is 0 Å². The SMILES string of the molecule is CCCOc1c(Cl)cc(C(=O)Nc2ccc(Br)cc2F)cc1OC. The van der Waals surface area contributed by atoms with E-state index in [-0.39, 0.29) is 16.3 Å². The van der Waals surface area contributed by atoms with Gasteiger partial charge in [0.15, 0.2) is 11.5 Å². The molecule has 0 aromatic heterocycles. The van der Waals surface area contributed by atoms with Gasteiger partial charge in [-0.15, -0.1) is 0 Å². The molecule has 0 atom stereocenters. The molecule has 0 radical (unpaired) electrons. The van der Waals surface area contributed by atoms with Crippen molar-refractivity contribution in [1.82, 2.24) is 0 Å². The van der Waals surface area contributed by atoms with Crippen molar-refractivity contribution in [1.29, 1.82) is 0 Å². The van der Waals surface area contributed by atoms with Crippen molar-refractivity contribution < 1.29 is 18.7 Å². The van der Waals surface area contributed by atoms with Gasteiger partial charge in [0.05, 0.1) is 24.4 Å². The van der Waals surface area contributed by atoms with Crippen molar-refractivity contribution in [3.63, 3.8) is 0 Å². The van der Waals surface area contributed by atoms with Crippen LogP contribution in [0.15, 0.2) is 34.8 Å². The number of hydrogen-bond acceptors (Lipinski definition) is 3. The van der Waals surface area contributed by atoms with Crippen LogP contribution >= 0.6 is 27.5 Å². The largest absolute Gasteiger partial charge is 0.493 e. The summed E-state index contributed by atoms with van der Waals surface area (Å²) >= 11 is 9.35. The highest BCUT2D eigenvalue weighted by Gasteiger charge is 2.17. The number of carbonyl (C=O) groups is 1. The first kappa shape index (κ1) is 18.5. The molecule has 2 aromatic rings. The third-order valence-electron chi connectivity index (χ3n) is 3.12. The molecule has 0 aliphatic heterocycles. The summed E-state index contributed by atoms with van der Waals surface area (Å²) in [5.41, 5.74) is 0.313. The molecule has 1 N–H and O–H groups in total. The van der Waals surface area contributed by atoms with Gasteiger partial charge in [-0.2, -0.15) is 0 Å². The van der Waals surface area contributed by atoms with E-state index in [1.807, 2.05) is 6.92 Å².